The third kappa shape index (κ3) is 9.36. The Balaban J connectivity index is 2.37. The monoisotopic (exact) mass is 421 g/mol. The lowest BCUT2D eigenvalue weighted by atomic mass is 9.75. The first-order valence-electron chi connectivity index (χ1n) is 10.5. The lowest BCUT2D eigenvalue weighted by Gasteiger charge is -2.31. The van der Waals surface area contributed by atoms with Crippen LogP contribution < -0.4 is 4.89 Å². The van der Waals surface area contributed by atoms with E-state index in [4.69, 9.17) is 13.8 Å². The van der Waals surface area contributed by atoms with Gasteiger partial charge in [0.25, 0.3) is 7.82 Å². The number of quaternary nitrogens is 1. The molecule has 7 nitrogen and oxygen atoms in total. The molecule has 1 aliphatic rings. The summed E-state index contributed by atoms with van der Waals surface area (Å²) in [5.41, 5.74) is -0.551. The van der Waals surface area contributed by atoms with Gasteiger partial charge in [-0.15, -0.1) is 0 Å². The Labute approximate surface area is 170 Å². The SMILES string of the molecule is CCC(C)(CC(C)C1CCCC1)C(=O)OCCOP(=O)([O-])OCC[N+](C)(C)C. The van der Waals surface area contributed by atoms with E-state index in [-0.39, 0.29) is 25.8 Å². The minimum absolute atomic E-state index is 0.0526. The first-order chi connectivity index (χ1) is 12.9. The van der Waals surface area contributed by atoms with Crippen molar-refractivity contribution in [1.29, 1.82) is 0 Å². The Kier molecular flexibility index (Phi) is 10.1. The fourth-order valence-corrected chi connectivity index (χ4v) is 4.38. The molecule has 0 bridgehead atoms. The molecule has 0 saturated heterocycles. The third-order valence-electron chi connectivity index (χ3n) is 5.83. The Hall–Kier alpha value is -0.460. The summed E-state index contributed by atoms with van der Waals surface area (Å²) in [6.07, 6.45) is 6.55. The second kappa shape index (κ2) is 11.1. The summed E-state index contributed by atoms with van der Waals surface area (Å²) in [5, 5.41) is 0. The Bertz CT molecular complexity index is 529. The van der Waals surface area contributed by atoms with E-state index in [1.807, 2.05) is 35.0 Å². The van der Waals surface area contributed by atoms with E-state index in [9.17, 15) is 14.3 Å². The number of nitrogens with zero attached hydrogens (tertiary/aromatic N) is 1. The van der Waals surface area contributed by atoms with Crippen molar-refractivity contribution in [2.75, 3.05) is 47.5 Å². The number of hydrogen-bond donors (Lipinski definition) is 0. The average Bonchev–Trinajstić information content (AvgIpc) is 3.11. The number of likely N-dealkylation sites (N-methyl/N-ethyl adjacent to an activating group) is 1. The summed E-state index contributed by atoms with van der Waals surface area (Å²) in [5.74, 6) is 0.889. The fourth-order valence-electron chi connectivity index (χ4n) is 3.70. The minimum atomic E-state index is -4.37. The second-order valence-corrected chi connectivity index (χ2v) is 10.8. The van der Waals surface area contributed by atoms with Gasteiger partial charge < -0.3 is 23.2 Å². The molecule has 0 aromatic carbocycles. The highest BCUT2D eigenvalue weighted by molar-refractivity contribution is 7.45. The molecule has 1 fully saturated rings. The standard InChI is InChI=1S/C20H40NO6P/c1-7-20(3,16-17(2)18-10-8-9-11-18)19(22)25-14-15-27-28(23,24)26-13-12-21(4,5)6/h17-18H,7-16H2,1-6H3. The number of esters is 1. The summed E-state index contributed by atoms with van der Waals surface area (Å²) >= 11 is 0. The topological polar surface area (TPSA) is 84.9 Å². The zero-order chi connectivity index (χ0) is 21.4. The summed E-state index contributed by atoms with van der Waals surface area (Å²) in [4.78, 5) is 24.3. The molecule has 0 aromatic heterocycles. The van der Waals surface area contributed by atoms with Crippen LogP contribution in [0, 0.1) is 17.3 Å². The molecule has 3 unspecified atom stereocenters. The van der Waals surface area contributed by atoms with Gasteiger partial charge in [-0.2, -0.15) is 0 Å². The van der Waals surface area contributed by atoms with Gasteiger partial charge >= 0.3 is 5.97 Å². The van der Waals surface area contributed by atoms with Crippen LogP contribution in [0.4, 0.5) is 0 Å². The minimum Gasteiger partial charge on any atom is -0.756 e. The summed E-state index contributed by atoms with van der Waals surface area (Å²) < 4.78 is 27.3. The highest BCUT2D eigenvalue weighted by Crippen LogP contribution is 2.40. The number of ether oxygens (including phenoxy) is 1. The predicted molar refractivity (Wildman–Crippen MR) is 108 cm³/mol. The van der Waals surface area contributed by atoms with E-state index in [1.165, 1.54) is 25.7 Å². The van der Waals surface area contributed by atoms with E-state index in [0.717, 1.165) is 6.42 Å². The predicted octanol–water partition coefficient (Wildman–Crippen LogP) is 3.37. The molecular formula is C20H40NO6P. The molecule has 8 heteroatoms. The normalized spacial score (nSPS) is 21.1. The largest absolute Gasteiger partial charge is 0.756 e. The van der Waals surface area contributed by atoms with Gasteiger partial charge in [0.2, 0.25) is 0 Å². The highest BCUT2D eigenvalue weighted by Gasteiger charge is 2.37. The molecule has 0 aromatic rings. The molecule has 0 heterocycles. The number of hydrogen-bond acceptors (Lipinski definition) is 6. The van der Waals surface area contributed by atoms with Gasteiger partial charge in [-0.05, 0) is 31.6 Å². The second-order valence-electron chi connectivity index (χ2n) is 9.40. The molecule has 0 spiro atoms. The van der Waals surface area contributed by atoms with Crippen molar-refractivity contribution in [2.24, 2.45) is 17.3 Å². The Morgan fingerprint density at radius 1 is 1.18 bits per heavy atom. The first-order valence-corrected chi connectivity index (χ1v) is 11.9. The summed E-state index contributed by atoms with van der Waals surface area (Å²) in [7, 11) is 1.45. The lowest BCUT2D eigenvalue weighted by Crippen LogP contribution is -2.37. The van der Waals surface area contributed by atoms with Crippen molar-refractivity contribution in [1.82, 2.24) is 0 Å². The molecule has 28 heavy (non-hydrogen) atoms. The van der Waals surface area contributed by atoms with Gasteiger partial charge in [0.05, 0.1) is 33.2 Å². The van der Waals surface area contributed by atoms with Crippen LogP contribution in [0.15, 0.2) is 0 Å². The van der Waals surface area contributed by atoms with Crippen molar-refractivity contribution in [3.05, 3.63) is 0 Å². The Morgan fingerprint density at radius 3 is 2.29 bits per heavy atom. The van der Waals surface area contributed by atoms with Gasteiger partial charge in [0.1, 0.15) is 19.8 Å². The fraction of sp³-hybridized carbons (Fsp3) is 0.950. The van der Waals surface area contributed by atoms with E-state index in [1.54, 1.807) is 0 Å². The number of phosphoric acid groups is 1. The lowest BCUT2D eigenvalue weighted by molar-refractivity contribution is -0.870. The summed E-state index contributed by atoms with van der Waals surface area (Å²) in [6, 6.07) is 0. The van der Waals surface area contributed by atoms with Gasteiger partial charge in [0.15, 0.2) is 0 Å². The first kappa shape index (κ1) is 25.6. The van der Waals surface area contributed by atoms with E-state index in [0.29, 0.717) is 29.3 Å². The maximum atomic E-state index is 12.6. The number of carbonyl (C=O) groups is 1. The molecule has 0 N–H and O–H groups in total. The molecule has 3 atom stereocenters. The van der Waals surface area contributed by atoms with Crippen molar-refractivity contribution in [2.45, 2.75) is 59.3 Å². The van der Waals surface area contributed by atoms with Gasteiger partial charge in [-0.3, -0.25) is 9.36 Å². The van der Waals surface area contributed by atoms with Crippen molar-refractivity contribution in [3.63, 3.8) is 0 Å². The van der Waals surface area contributed by atoms with Crippen LogP contribution in [-0.4, -0.2) is 58.0 Å². The van der Waals surface area contributed by atoms with E-state index in [2.05, 4.69) is 6.92 Å². The van der Waals surface area contributed by atoms with E-state index < -0.39 is 13.2 Å². The molecule has 1 aliphatic carbocycles. The van der Waals surface area contributed by atoms with Crippen LogP contribution >= 0.6 is 7.82 Å². The smallest absolute Gasteiger partial charge is 0.311 e. The van der Waals surface area contributed by atoms with Crippen molar-refractivity contribution in [3.8, 4) is 0 Å². The molecule has 1 saturated carbocycles. The molecule has 0 aliphatic heterocycles. The molecular weight excluding hydrogens is 381 g/mol. The zero-order valence-corrected chi connectivity index (χ0v) is 19.5. The highest BCUT2D eigenvalue weighted by atomic mass is 31.2. The van der Waals surface area contributed by atoms with E-state index >= 15 is 0 Å². The maximum Gasteiger partial charge on any atom is 0.311 e. The van der Waals surface area contributed by atoms with Crippen LogP contribution in [0.1, 0.15) is 59.3 Å². The molecule has 1 rings (SSSR count). The van der Waals surface area contributed by atoms with Crippen LogP contribution in [0.2, 0.25) is 0 Å². The molecule has 0 radical (unpaired) electrons. The van der Waals surface area contributed by atoms with Gasteiger partial charge in [-0.25, -0.2) is 0 Å². The number of rotatable bonds is 13. The van der Waals surface area contributed by atoms with Crippen LogP contribution in [0.5, 0.6) is 0 Å². The van der Waals surface area contributed by atoms with Crippen LogP contribution in [0.3, 0.4) is 0 Å². The molecule has 0 amide bonds. The van der Waals surface area contributed by atoms with Gasteiger partial charge in [-0.1, -0.05) is 39.5 Å². The number of carbonyl (C=O) groups excluding carboxylic acids is 1. The third-order valence-corrected chi connectivity index (χ3v) is 6.83. The van der Waals surface area contributed by atoms with Crippen molar-refractivity contribution < 1.29 is 32.5 Å². The van der Waals surface area contributed by atoms with Crippen LogP contribution in [-0.2, 0) is 23.1 Å². The molecule has 166 valence electrons. The Morgan fingerprint density at radius 2 is 1.75 bits per heavy atom. The summed E-state index contributed by atoms with van der Waals surface area (Å²) in [6.45, 7) is 6.42. The zero-order valence-electron chi connectivity index (χ0n) is 18.6. The van der Waals surface area contributed by atoms with Crippen molar-refractivity contribution >= 4 is 13.8 Å². The maximum absolute atomic E-state index is 12.6. The van der Waals surface area contributed by atoms with Gasteiger partial charge in [0, 0.05) is 0 Å². The van der Waals surface area contributed by atoms with Crippen LogP contribution in [0.25, 0.3) is 0 Å². The average molecular weight is 422 g/mol. The quantitative estimate of drug-likeness (QED) is 0.196. The number of phosphoric ester groups is 1.